The van der Waals surface area contributed by atoms with Crippen molar-refractivity contribution in [3.05, 3.63) is 57.8 Å². The third-order valence-corrected chi connectivity index (χ3v) is 4.71. The second-order valence-corrected chi connectivity index (χ2v) is 6.87. The number of rotatable bonds is 5. The zero-order valence-corrected chi connectivity index (χ0v) is 16.1. The largest absolute Gasteiger partial charge is 0.496 e. The Kier molecular flexibility index (Phi) is 5.78. The summed E-state index contributed by atoms with van der Waals surface area (Å²) < 4.78 is 10.6. The molecule has 0 fully saturated rings. The van der Waals surface area contributed by atoms with Crippen LogP contribution in [0.5, 0.6) is 5.75 Å². The van der Waals surface area contributed by atoms with Crippen molar-refractivity contribution in [2.75, 3.05) is 7.11 Å². The minimum atomic E-state index is -0.535. The molecule has 140 valence electrons. The molecule has 0 radical (unpaired) electrons. The number of halogens is 1. The minimum Gasteiger partial charge on any atom is -0.496 e. The third-order valence-electron chi connectivity index (χ3n) is 3.57. The van der Waals surface area contributed by atoms with E-state index in [1.165, 1.54) is 24.5 Å². The average Bonchev–Trinajstić information content (AvgIpc) is 3.28. The van der Waals surface area contributed by atoms with E-state index in [9.17, 15) is 9.59 Å². The SMILES string of the molecule is COc1ccc(Cl)cc1C(=O)NNC(=O)Cc1csc(-c2ccc(C)o2)n1. The topological polar surface area (TPSA) is 93.5 Å². The molecule has 9 heteroatoms. The van der Waals surface area contributed by atoms with Crippen LogP contribution in [0.3, 0.4) is 0 Å². The summed E-state index contributed by atoms with van der Waals surface area (Å²) in [6.07, 6.45) is 0.0170. The summed E-state index contributed by atoms with van der Waals surface area (Å²) in [6.45, 7) is 1.85. The quantitative estimate of drug-likeness (QED) is 0.635. The first-order valence-electron chi connectivity index (χ1n) is 7.90. The molecule has 27 heavy (non-hydrogen) atoms. The maximum atomic E-state index is 12.2. The molecular formula is C18H16ClN3O4S. The highest BCUT2D eigenvalue weighted by Crippen LogP contribution is 2.25. The van der Waals surface area contributed by atoms with Gasteiger partial charge in [0.05, 0.1) is 24.8 Å². The van der Waals surface area contributed by atoms with Gasteiger partial charge in [0, 0.05) is 10.4 Å². The first kappa shape index (κ1) is 18.9. The summed E-state index contributed by atoms with van der Waals surface area (Å²) in [5.41, 5.74) is 5.50. The zero-order chi connectivity index (χ0) is 19.4. The van der Waals surface area contributed by atoms with Gasteiger partial charge < -0.3 is 9.15 Å². The molecule has 0 saturated heterocycles. The van der Waals surface area contributed by atoms with Crippen LogP contribution in [-0.2, 0) is 11.2 Å². The molecule has 0 aliphatic carbocycles. The van der Waals surface area contributed by atoms with Crippen molar-refractivity contribution in [1.82, 2.24) is 15.8 Å². The molecule has 0 spiro atoms. The van der Waals surface area contributed by atoms with Crippen LogP contribution in [0.15, 0.2) is 40.1 Å². The number of aromatic nitrogens is 1. The van der Waals surface area contributed by atoms with Crippen molar-refractivity contribution in [2.24, 2.45) is 0 Å². The Morgan fingerprint density at radius 2 is 2.07 bits per heavy atom. The molecule has 1 aromatic carbocycles. The van der Waals surface area contributed by atoms with E-state index in [1.54, 1.807) is 17.5 Å². The van der Waals surface area contributed by atoms with Crippen LogP contribution < -0.4 is 15.6 Å². The van der Waals surface area contributed by atoms with Gasteiger partial charge in [-0.25, -0.2) is 4.98 Å². The molecule has 2 amide bonds. The van der Waals surface area contributed by atoms with E-state index < -0.39 is 11.8 Å². The number of furan rings is 1. The van der Waals surface area contributed by atoms with Crippen molar-refractivity contribution >= 4 is 34.8 Å². The Morgan fingerprint density at radius 3 is 2.78 bits per heavy atom. The van der Waals surface area contributed by atoms with Gasteiger partial charge in [-0.05, 0) is 37.3 Å². The van der Waals surface area contributed by atoms with Crippen LogP contribution in [0.1, 0.15) is 21.8 Å². The minimum absolute atomic E-state index is 0.0170. The van der Waals surface area contributed by atoms with E-state index in [0.717, 1.165) is 5.76 Å². The summed E-state index contributed by atoms with van der Waals surface area (Å²) in [5.74, 6) is 0.859. The average molecular weight is 406 g/mol. The number of hydrazine groups is 1. The van der Waals surface area contributed by atoms with Gasteiger partial charge >= 0.3 is 0 Å². The lowest BCUT2D eigenvalue weighted by Gasteiger charge is -2.10. The second kappa shape index (κ2) is 8.24. The zero-order valence-electron chi connectivity index (χ0n) is 14.5. The smallest absolute Gasteiger partial charge is 0.273 e. The van der Waals surface area contributed by atoms with Crippen LogP contribution >= 0.6 is 22.9 Å². The van der Waals surface area contributed by atoms with E-state index in [4.69, 9.17) is 20.8 Å². The molecule has 0 atom stereocenters. The van der Waals surface area contributed by atoms with E-state index in [-0.39, 0.29) is 12.0 Å². The van der Waals surface area contributed by atoms with E-state index >= 15 is 0 Å². The lowest BCUT2D eigenvalue weighted by atomic mass is 10.2. The summed E-state index contributed by atoms with van der Waals surface area (Å²) >= 11 is 7.29. The van der Waals surface area contributed by atoms with Gasteiger partial charge in [0.15, 0.2) is 10.8 Å². The fourth-order valence-corrected chi connectivity index (χ4v) is 3.26. The fourth-order valence-electron chi connectivity index (χ4n) is 2.31. The molecule has 7 nitrogen and oxygen atoms in total. The Bertz CT molecular complexity index is 983. The molecule has 0 bridgehead atoms. The molecule has 2 N–H and O–H groups in total. The number of ether oxygens (including phenoxy) is 1. The maximum Gasteiger partial charge on any atom is 0.273 e. The summed E-state index contributed by atoms with van der Waals surface area (Å²) in [4.78, 5) is 28.7. The first-order chi connectivity index (χ1) is 13.0. The van der Waals surface area contributed by atoms with Gasteiger partial charge in [-0.3, -0.25) is 20.4 Å². The highest BCUT2D eigenvalue weighted by molar-refractivity contribution is 7.13. The van der Waals surface area contributed by atoms with Crippen LogP contribution in [0.2, 0.25) is 5.02 Å². The molecule has 2 aromatic heterocycles. The van der Waals surface area contributed by atoms with E-state index in [1.807, 2.05) is 19.1 Å². The van der Waals surface area contributed by atoms with Crippen molar-refractivity contribution in [2.45, 2.75) is 13.3 Å². The van der Waals surface area contributed by atoms with Crippen molar-refractivity contribution < 1.29 is 18.7 Å². The molecule has 3 rings (SSSR count). The van der Waals surface area contributed by atoms with Gasteiger partial charge in [0.2, 0.25) is 5.91 Å². The fraction of sp³-hybridized carbons (Fsp3) is 0.167. The molecule has 3 aromatic rings. The number of hydrogen-bond acceptors (Lipinski definition) is 6. The Hall–Kier alpha value is -2.84. The van der Waals surface area contributed by atoms with Crippen molar-refractivity contribution in [1.29, 1.82) is 0 Å². The normalized spacial score (nSPS) is 10.5. The first-order valence-corrected chi connectivity index (χ1v) is 9.16. The second-order valence-electron chi connectivity index (χ2n) is 5.58. The Morgan fingerprint density at radius 1 is 1.26 bits per heavy atom. The number of carbonyl (C=O) groups excluding carboxylic acids is 2. The Balaban J connectivity index is 1.58. The number of nitrogens with one attached hydrogen (secondary N) is 2. The van der Waals surface area contributed by atoms with Gasteiger partial charge in [-0.15, -0.1) is 11.3 Å². The van der Waals surface area contributed by atoms with Crippen molar-refractivity contribution in [3.63, 3.8) is 0 Å². The van der Waals surface area contributed by atoms with Gasteiger partial charge in [0.1, 0.15) is 11.5 Å². The predicted molar refractivity (Wildman–Crippen MR) is 102 cm³/mol. The number of carbonyl (C=O) groups is 2. The molecule has 0 unspecified atom stereocenters. The molecule has 0 aliphatic rings. The van der Waals surface area contributed by atoms with Crippen LogP contribution in [0.25, 0.3) is 10.8 Å². The van der Waals surface area contributed by atoms with Crippen molar-refractivity contribution in [3.8, 4) is 16.5 Å². The highest BCUT2D eigenvalue weighted by atomic mass is 35.5. The monoisotopic (exact) mass is 405 g/mol. The molecule has 0 aliphatic heterocycles. The lowest BCUT2D eigenvalue weighted by Crippen LogP contribution is -2.42. The number of hydrogen-bond donors (Lipinski definition) is 2. The standard InChI is InChI=1S/C18H16ClN3O4S/c1-10-3-5-15(26-10)18-20-12(9-27-18)8-16(23)21-22-17(24)13-7-11(19)4-6-14(13)25-2/h3-7,9H,8H2,1-2H3,(H,21,23)(H,22,24). The highest BCUT2D eigenvalue weighted by Gasteiger charge is 2.15. The molecule has 2 heterocycles. The molecular weight excluding hydrogens is 390 g/mol. The Labute approximate surface area is 164 Å². The van der Waals surface area contributed by atoms with E-state index in [0.29, 0.717) is 27.2 Å². The number of methoxy groups -OCH3 is 1. The summed E-state index contributed by atoms with van der Waals surface area (Å²) in [7, 11) is 1.44. The summed E-state index contributed by atoms with van der Waals surface area (Å²) in [5, 5.41) is 2.85. The van der Waals surface area contributed by atoms with Crippen LogP contribution in [0.4, 0.5) is 0 Å². The van der Waals surface area contributed by atoms with E-state index in [2.05, 4.69) is 15.8 Å². The maximum absolute atomic E-state index is 12.2. The molecule has 0 saturated carbocycles. The number of benzene rings is 1. The van der Waals surface area contributed by atoms with Crippen LogP contribution in [0, 0.1) is 6.92 Å². The van der Waals surface area contributed by atoms with Gasteiger partial charge in [0.25, 0.3) is 5.91 Å². The van der Waals surface area contributed by atoms with Gasteiger partial charge in [-0.1, -0.05) is 11.6 Å². The van der Waals surface area contributed by atoms with Gasteiger partial charge in [-0.2, -0.15) is 0 Å². The number of aryl methyl sites for hydroxylation is 1. The third kappa shape index (κ3) is 4.66. The number of nitrogens with zero attached hydrogens (tertiary/aromatic N) is 1. The number of thiazole rings is 1. The van der Waals surface area contributed by atoms with Crippen LogP contribution in [-0.4, -0.2) is 23.9 Å². The lowest BCUT2D eigenvalue weighted by molar-refractivity contribution is -0.121. The predicted octanol–water partition coefficient (Wildman–Crippen LogP) is 3.38. The number of amides is 2. The summed E-state index contributed by atoms with van der Waals surface area (Å²) in [6, 6.07) is 8.32.